The molecule has 0 aromatic heterocycles. The molecule has 1 atom stereocenters. The fourth-order valence-corrected chi connectivity index (χ4v) is 3.95. The normalized spacial score (nSPS) is 24.6. The van der Waals surface area contributed by atoms with Gasteiger partial charge in [0.1, 0.15) is 0 Å². The Hall–Kier alpha value is -0.740. The molecule has 98 valence electrons. The van der Waals surface area contributed by atoms with Crippen molar-refractivity contribution in [1.82, 2.24) is 0 Å². The molecule has 1 heterocycles. The number of fused-ring (bicyclic) bond motifs is 3. The van der Waals surface area contributed by atoms with Gasteiger partial charge in [-0.25, -0.2) is 0 Å². The van der Waals surface area contributed by atoms with Gasteiger partial charge in [-0.2, -0.15) is 0 Å². The smallest absolute Gasteiger partial charge is 0.167 e. The van der Waals surface area contributed by atoms with Crippen LogP contribution in [0.5, 0.6) is 11.5 Å². The summed E-state index contributed by atoms with van der Waals surface area (Å²) in [4.78, 5) is 0. The topological polar surface area (TPSA) is 38.7 Å². The lowest BCUT2D eigenvalue weighted by Crippen LogP contribution is -2.13. The summed E-state index contributed by atoms with van der Waals surface area (Å²) in [5.74, 6) is 1.48. The Labute approximate surface area is 115 Å². The number of halogens is 1. The Balaban J connectivity index is 2.25. The van der Waals surface area contributed by atoms with Gasteiger partial charge in [0.2, 0.25) is 0 Å². The van der Waals surface area contributed by atoms with E-state index in [9.17, 15) is 5.11 Å². The molecule has 0 radical (unpaired) electrons. The quantitative estimate of drug-likeness (QED) is 0.798. The lowest BCUT2D eigenvalue weighted by atomic mass is 9.86. The Bertz CT molecular complexity index is 496. The second kappa shape index (κ2) is 4.14. The number of benzene rings is 1. The minimum absolute atomic E-state index is 0.0434. The lowest BCUT2D eigenvalue weighted by Gasteiger charge is -2.21. The zero-order chi connectivity index (χ0) is 12.9. The second-order valence-corrected chi connectivity index (χ2v) is 6.48. The van der Waals surface area contributed by atoms with E-state index >= 15 is 0 Å². The maximum absolute atomic E-state index is 10.3. The van der Waals surface area contributed by atoms with Gasteiger partial charge in [-0.15, -0.1) is 0 Å². The van der Waals surface area contributed by atoms with E-state index in [-0.39, 0.29) is 5.41 Å². The molecule has 0 amide bonds. The first-order valence-corrected chi connectivity index (χ1v) is 7.10. The van der Waals surface area contributed by atoms with E-state index < -0.39 is 6.10 Å². The van der Waals surface area contributed by atoms with Gasteiger partial charge in [0.15, 0.2) is 11.5 Å². The van der Waals surface area contributed by atoms with Gasteiger partial charge in [-0.3, -0.25) is 0 Å². The summed E-state index contributed by atoms with van der Waals surface area (Å²) < 4.78 is 12.5. The Kier molecular flexibility index (Phi) is 2.83. The molecule has 4 heteroatoms. The number of rotatable bonds is 0. The third-order valence-electron chi connectivity index (χ3n) is 3.74. The molecular weight excluding hydrogens is 296 g/mol. The summed E-state index contributed by atoms with van der Waals surface area (Å²) >= 11 is 3.61. The van der Waals surface area contributed by atoms with Crippen molar-refractivity contribution in [3.63, 3.8) is 0 Å². The highest BCUT2D eigenvalue weighted by atomic mass is 79.9. The monoisotopic (exact) mass is 312 g/mol. The van der Waals surface area contributed by atoms with E-state index in [2.05, 4.69) is 29.8 Å². The maximum Gasteiger partial charge on any atom is 0.167 e. The fraction of sp³-hybridized carbons (Fsp3) is 0.571. The van der Waals surface area contributed by atoms with Crippen LogP contribution in [0.2, 0.25) is 0 Å². The molecule has 0 bridgehead atoms. The Morgan fingerprint density at radius 2 is 2.06 bits per heavy atom. The van der Waals surface area contributed by atoms with Crippen LogP contribution in [-0.4, -0.2) is 18.3 Å². The van der Waals surface area contributed by atoms with E-state index in [1.54, 1.807) is 0 Å². The molecule has 0 fully saturated rings. The highest BCUT2D eigenvalue weighted by Gasteiger charge is 2.41. The van der Waals surface area contributed by atoms with E-state index in [0.29, 0.717) is 13.2 Å². The van der Waals surface area contributed by atoms with Crippen molar-refractivity contribution in [1.29, 1.82) is 0 Å². The average molecular weight is 313 g/mol. The van der Waals surface area contributed by atoms with Crippen LogP contribution in [0.15, 0.2) is 10.5 Å². The first kappa shape index (κ1) is 12.3. The molecule has 1 aromatic rings. The third-order valence-corrected chi connectivity index (χ3v) is 4.37. The molecule has 18 heavy (non-hydrogen) atoms. The van der Waals surface area contributed by atoms with Crippen molar-refractivity contribution in [2.24, 2.45) is 0 Å². The van der Waals surface area contributed by atoms with Crippen LogP contribution >= 0.6 is 15.9 Å². The SMILES string of the molecule is CC1(C)C[C@@H](O)c2c3c(cc(Br)c21)OCCCO3. The molecule has 0 saturated heterocycles. The molecule has 0 spiro atoms. The van der Waals surface area contributed by atoms with Crippen molar-refractivity contribution in [3.8, 4) is 11.5 Å². The first-order valence-electron chi connectivity index (χ1n) is 6.31. The van der Waals surface area contributed by atoms with Crippen LogP contribution in [0.4, 0.5) is 0 Å². The predicted octanol–water partition coefficient (Wildman–Crippen LogP) is 3.33. The summed E-state index contributed by atoms with van der Waals surface area (Å²) in [5, 5.41) is 10.3. The molecule has 2 aliphatic rings. The van der Waals surface area contributed by atoms with Crippen LogP contribution in [0, 0.1) is 0 Å². The maximum atomic E-state index is 10.3. The van der Waals surface area contributed by atoms with Crippen LogP contribution in [0.25, 0.3) is 0 Å². The third kappa shape index (κ3) is 1.74. The molecule has 1 aliphatic heterocycles. The van der Waals surface area contributed by atoms with Crippen LogP contribution in [0.3, 0.4) is 0 Å². The molecule has 1 aromatic carbocycles. The largest absolute Gasteiger partial charge is 0.490 e. The summed E-state index contributed by atoms with van der Waals surface area (Å²) in [6.45, 7) is 5.61. The number of hydrogen-bond donors (Lipinski definition) is 1. The van der Waals surface area contributed by atoms with Crippen molar-refractivity contribution in [2.45, 2.75) is 38.2 Å². The van der Waals surface area contributed by atoms with Gasteiger partial charge in [0, 0.05) is 16.5 Å². The molecule has 3 rings (SSSR count). The van der Waals surface area contributed by atoms with Crippen molar-refractivity contribution < 1.29 is 14.6 Å². The predicted molar refractivity (Wildman–Crippen MR) is 72.4 cm³/mol. The lowest BCUT2D eigenvalue weighted by molar-refractivity contribution is 0.157. The van der Waals surface area contributed by atoms with Crippen molar-refractivity contribution >= 4 is 15.9 Å². The van der Waals surface area contributed by atoms with Crippen molar-refractivity contribution in [2.75, 3.05) is 13.2 Å². The minimum atomic E-state index is -0.469. The van der Waals surface area contributed by atoms with Crippen LogP contribution < -0.4 is 9.47 Å². The molecule has 3 nitrogen and oxygen atoms in total. The van der Waals surface area contributed by atoms with Crippen LogP contribution in [-0.2, 0) is 5.41 Å². The Morgan fingerprint density at radius 3 is 2.83 bits per heavy atom. The molecular formula is C14H17BrO3. The fourth-order valence-electron chi connectivity index (χ4n) is 2.99. The number of ether oxygens (including phenoxy) is 2. The minimum Gasteiger partial charge on any atom is -0.490 e. The van der Waals surface area contributed by atoms with E-state index in [4.69, 9.17) is 9.47 Å². The van der Waals surface area contributed by atoms with E-state index in [0.717, 1.165) is 39.9 Å². The Morgan fingerprint density at radius 1 is 1.33 bits per heavy atom. The number of aliphatic hydroxyl groups is 1. The molecule has 1 aliphatic carbocycles. The highest BCUT2D eigenvalue weighted by molar-refractivity contribution is 9.10. The standard InChI is InChI=1S/C14H17BrO3/c1-14(2)7-9(16)11-12(14)8(15)6-10-13(11)18-5-3-4-17-10/h6,9,16H,3-5,7H2,1-2H3/t9-/m1/s1. The number of hydrogen-bond acceptors (Lipinski definition) is 3. The molecule has 0 unspecified atom stereocenters. The van der Waals surface area contributed by atoms with Crippen molar-refractivity contribution in [3.05, 3.63) is 21.7 Å². The zero-order valence-electron chi connectivity index (χ0n) is 10.6. The first-order chi connectivity index (χ1) is 8.50. The summed E-state index contributed by atoms with van der Waals surface area (Å²) in [6.07, 6.45) is 1.13. The molecule has 1 N–H and O–H groups in total. The van der Waals surface area contributed by atoms with Gasteiger partial charge in [-0.05, 0) is 23.5 Å². The van der Waals surface area contributed by atoms with Crippen LogP contribution in [0.1, 0.15) is 43.9 Å². The van der Waals surface area contributed by atoms with E-state index in [1.807, 2.05) is 6.07 Å². The average Bonchev–Trinajstić information content (AvgIpc) is 2.46. The van der Waals surface area contributed by atoms with E-state index in [1.165, 1.54) is 0 Å². The van der Waals surface area contributed by atoms with Gasteiger partial charge in [0.05, 0.1) is 19.3 Å². The highest BCUT2D eigenvalue weighted by Crippen LogP contribution is 2.54. The van der Waals surface area contributed by atoms with Gasteiger partial charge in [-0.1, -0.05) is 29.8 Å². The summed E-state index contributed by atoms with van der Waals surface area (Å²) in [5.41, 5.74) is 2.02. The summed E-state index contributed by atoms with van der Waals surface area (Å²) in [7, 11) is 0. The number of aliphatic hydroxyl groups excluding tert-OH is 1. The van der Waals surface area contributed by atoms with Gasteiger partial charge < -0.3 is 14.6 Å². The zero-order valence-corrected chi connectivity index (χ0v) is 12.2. The van der Waals surface area contributed by atoms with Gasteiger partial charge in [0.25, 0.3) is 0 Å². The summed E-state index contributed by atoms with van der Waals surface area (Å²) in [6, 6.07) is 1.97. The van der Waals surface area contributed by atoms with Gasteiger partial charge >= 0.3 is 0 Å². The second-order valence-electron chi connectivity index (χ2n) is 5.63. The molecule has 0 saturated carbocycles.